The first-order valence-electron chi connectivity index (χ1n) is 6.11. The van der Waals surface area contributed by atoms with Gasteiger partial charge in [-0.25, -0.2) is 0 Å². The predicted molar refractivity (Wildman–Crippen MR) is 87.5 cm³/mol. The molecule has 0 fully saturated rings. The van der Waals surface area contributed by atoms with Crippen LogP contribution in [0.2, 0.25) is 0 Å². The maximum Gasteiger partial charge on any atom is 0.252 e. The van der Waals surface area contributed by atoms with Gasteiger partial charge in [0.1, 0.15) is 0 Å². The van der Waals surface area contributed by atoms with Crippen LogP contribution in [-0.2, 0) is 0 Å². The summed E-state index contributed by atoms with van der Waals surface area (Å²) in [7, 11) is 0. The van der Waals surface area contributed by atoms with E-state index in [4.69, 9.17) is 5.73 Å². The van der Waals surface area contributed by atoms with Gasteiger partial charge < -0.3 is 11.1 Å². The van der Waals surface area contributed by atoms with Crippen molar-refractivity contribution in [2.75, 3.05) is 6.54 Å². The van der Waals surface area contributed by atoms with Crippen LogP contribution in [0.3, 0.4) is 0 Å². The molecule has 0 radical (unpaired) electrons. The number of nitrogens with two attached hydrogens (primary N) is 1. The third-order valence-corrected chi connectivity index (χ3v) is 4.07. The summed E-state index contributed by atoms with van der Waals surface area (Å²) in [5, 5.41) is 2.85. The molecule has 1 atom stereocenters. The van der Waals surface area contributed by atoms with E-state index in [2.05, 4.69) is 37.2 Å². The van der Waals surface area contributed by atoms with Crippen LogP contribution in [0.25, 0.3) is 0 Å². The molecule has 2 rings (SSSR count). The van der Waals surface area contributed by atoms with Crippen molar-refractivity contribution < 1.29 is 4.79 Å². The Kier molecular flexibility index (Phi) is 5.34. The van der Waals surface area contributed by atoms with Crippen molar-refractivity contribution in [3.05, 3.63) is 68.6 Å². The van der Waals surface area contributed by atoms with Crippen molar-refractivity contribution in [2.45, 2.75) is 6.04 Å². The molecule has 0 saturated carbocycles. The minimum Gasteiger partial charge on any atom is -0.350 e. The van der Waals surface area contributed by atoms with E-state index in [0.29, 0.717) is 12.1 Å². The normalized spacial score (nSPS) is 11.9. The molecule has 0 heterocycles. The Morgan fingerprint density at radius 3 is 2.55 bits per heavy atom. The van der Waals surface area contributed by atoms with Crippen LogP contribution in [0.5, 0.6) is 0 Å². The largest absolute Gasteiger partial charge is 0.350 e. The van der Waals surface area contributed by atoms with Gasteiger partial charge in [-0.15, -0.1) is 0 Å². The molecule has 104 valence electrons. The highest BCUT2D eigenvalue weighted by molar-refractivity contribution is 9.11. The highest BCUT2D eigenvalue weighted by Gasteiger charge is 2.12. The highest BCUT2D eigenvalue weighted by Crippen LogP contribution is 2.21. The first-order chi connectivity index (χ1) is 9.58. The van der Waals surface area contributed by atoms with E-state index < -0.39 is 0 Å². The third kappa shape index (κ3) is 3.91. The zero-order valence-electron chi connectivity index (χ0n) is 10.6. The summed E-state index contributed by atoms with van der Waals surface area (Å²) in [6.45, 7) is 0.391. The monoisotopic (exact) mass is 396 g/mol. The number of halogens is 2. The van der Waals surface area contributed by atoms with Crippen LogP contribution in [-0.4, -0.2) is 12.5 Å². The molecular weight excluding hydrogens is 384 g/mol. The molecule has 3 N–H and O–H groups in total. The van der Waals surface area contributed by atoms with Crippen molar-refractivity contribution in [3.8, 4) is 0 Å². The second kappa shape index (κ2) is 7.02. The van der Waals surface area contributed by atoms with Gasteiger partial charge in [-0.1, -0.05) is 46.3 Å². The molecule has 0 aliphatic rings. The Morgan fingerprint density at radius 1 is 1.15 bits per heavy atom. The molecule has 2 aromatic carbocycles. The Labute approximate surface area is 134 Å². The lowest BCUT2D eigenvalue weighted by Crippen LogP contribution is -2.32. The molecule has 0 aliphatic carbocycles. The van der Waals surface area contributed by atoms with E-state index in [9.17, 15) is 4.79 Å². The number of carbonyl (C=O) groups excluding carboxylic acids is 1. The van der Waals surface area contributed by atoms with Gasteiger partial charge in [0.05, 0.1) is 5.56 Å². The molecular formula is C15H14Br2N2O. The molecule has 20 heavy (non-hydrogen) atoms. The molecule has 0 aliphatic heterocycles. The summed E-state index contributed by atoms with van der Waals surface area (Å²) in [5.41, 5.74) is 7.64. The molecule has 3 nitrogen and oxygen atoms in total. The SMILES string of the molecule is NC(CNC(=O)c1cc(Br)ccc1Br)c1ccccc1. The molecule has 0 saturated heterocycles. The number of rotatable bonds is 4. The average Bonchev–Trinajstić information content (AvgIpc) is 2.47. The minimum absolute atomic E-state index is 0.149. The zero-order chi connectivity index (χ0) is 14.5. The second-order valence-electron chi connectivity index (χ2n) is 4.35. The van der Waals surface area contributed by atoms with Gasteiger partial charge in [-0.05, 0) is 39.7 Å². The Morgan fingerprint density at radius 2 is 1.85 bits per heavy atom. The minimum atomic E-state index is -0.217. The van der Waals surface area contributed by atoms with Crippen molar-refractivity contribution in [3.63, 3.8) is 0 Å². The second-order valence-corrected chi connectivity index (χ2v) is 6.12. The number of nitrogens with one attached hydrogen (secondary N) is 1. The van der Waals surface area contributed by atoms with Crippen LogP contribution >= 0.6 is 31.9 Å². The van der Waals surface area contributed by atoms with Gasteiger partial charge in [0.15, 0.2) is 0 Å². The van der Waals surface area contributed by atoms with Gasteiger partial charge in [-0.3, -0.25) is 4.79 Å². The number of hydrogen-bond acceptors (Lipinski definition) is 2. The zero-order valence-corrected chi connectivity index (χ0v) is 13.8. The van der Waals surface area contributed by atoms with Crippen molar-refractivity contribution >= 4 is 37.8 Å². The summed E-state index contributed by atoms with van der Waals surface area (Å²) in [6, 6.07) is 15.0. The van der Waals surface area contributed by atoms with Crippen molar-refractivity contribution in [1.29, 1.82) is 0 Å². The summed E-state index contributed by atoms with van der Waals surface area (Å²) in [4.78, 5) is 12.1. The lowest BCUT2D eigenvalue weighted by Gasteiger charge is -2.13. The number of carbonyl (C=O) groups is 1. The van der Waals surface area contributed by atoms with Crippen molar-refractivity contribution in [1.82, 2.24) is 5.32 Å². The topological polar surface area (TPSA) is 55.1 Å². The summed E-state index contributed by atoms with van der Waals surface area (Å²) < 4.78 is 1.62. The van der Waals surface area contributed by atoms with E-state index in [0.717, 1.165) is 14.5 Å². The lowest BCUT2D eigenvalue weighted by atomic mass is 10.1. The molecule has 5 heteroatoms. The predicted octanol–water partition coefficient (Wildman–Crippen LogP) is 3.64. The lowest BCUT2D eigenvalue weighted by molar-refractivity contribution is 0.0950. The van der Waals surface area contributed by atoms with E-state index in [-0.39, 0.29) is 11.9 Å². The molecule has 2 aromatic rings. The van der Waals surface area contributed by atoms with E-state index >= 15 is 0 Å². The Bertz CT molecular complexity index is 602. The fourth-order valence-corrected chi connectivity index (χ4v) is 2.58. The van der Waals surface area contributed by atoms with Crippen LogP contribution < -0.4 is 11.1 Å². The average molecular weight is 398 g/mol. The number of amides is 1. The number of benzene rings is 2. The van der Waals surface area contributed by atoms with Crippen molar-refractivity contribution in [2.24, 2.45) is 5.73 Å². The summed E-state index contributed by atoms with van der Waals surface area (Å²) >= 11 is 6.73. The fourth-order valence-electron chi connectivity index (χ4n) is 1.79. The number of hydrogen-bond donors (Lipinski definition) is 2. The Hall–Kier alpha value is -1.17. The maximum absolute atomic E-state index is 12.1. The van der Waals surface area contributed by atoms with E-state index in [1.807, 2.05) is 42.5 Å². The van der Waals surface area contributed by atoms with Crippen LogP contribution in [0, 0.1) is 0 Å². The van der Waals surface area contributed by atoms with E-state index in [1.54, 1.807) is 6.07 Å². The van der Waals surface area contributed by atoms with Crippen LogP contribution in [0.15, 0.2) is 57.5 Å². The fraction of sp³-hybridized carbons (Fsp3) is 0.133. The molecule has 1 unspecified atom stereocenters. The van der Waals surface area contributed by atoms with E-state index in [1.165, 1.54) is 0 Å². The van der Waals surface area contributed by atoms with Gasteiger partial charge in [-0.2, -0.15) is 0 Å². The van der Waals surface area contributed by atoms with Gasteiger partial charge in [0, 0.05) is 21.5 Å². The quantitative estimate of drug-likeness (QED) is 0.827. The van der Waals surface area contributed by atoms with Gasteiger partial charge in [0.2, 0.25) is 0 Å². The first-order valence-corrected chi connectivity index (χ1v) is 7.70. The van der Waals surface area contributed by atoms with Gasteiger partial charge in [0.25, 0.3) is 5.91 Å². The maximum atomic E-state index is 12.1. The molecule has 0 aromatic heterocycles. The smallest absolute Gasteiger partial charge is 0.252 e. The third-order valence-electron chi connectivity index (χ3n) is 2.88. The van der Waals surface area contributed by atoms with Crippen LogP contribution in [0.4, 0.5) is 0 Å². The summed E-state index contributed by atoms with van der Waals surface area (Å²) in [6.07, 6.45) is 0. The highest BCUT2D eigenvalue weighted by atomic mass is 79.9. The first kappa shape index (κ1) is 15.2. The molecule has 1 amide bonds. The standard InChI is InChI=1S/C15H14Br2N2O/c16-11-6-7-13(17)12(8-11)15(20)19-9-14(18)10-4-2-1-3-5-10/h1-8,14H,9,18H2,(H,19,20). The molecule has 0 bridgehead atoms. The van der Waals surface area contributed by atoms with Gasteiger partial charge >= 0.3 is 0 Å². The summed E-state index contributed by atoms with van der Waals surface area (Å²) in [5.74, 6) is -0.149. The molecule has 0 spiro atoms. The van der Waals surface area contributed by atoms with Crippen LogP contribution in [0.1, 0.15) is 22.0 Å². The Balaban J connectivity index is 2.00.